The third-order valence-corrected chi connectivity index (χ3v) is 6.10. The third kappa shape index (κ3) is 2.33. The van der Waals surface area contributed by atoms with Crippen molar-refractivity contribution in [2.24, 2.45) is 7.05 Å². The van der Waals surface area contributed by atoms with Crippen LogP contribution in [0.1, 0.15) is 32.2 Å². The van der Waals surface area contributed by atoms with E-state index in [1.165, 1.54) is 10.6 Å². The molecule has 5 rings (SSSR count). The molecule has 26 heavy (non-hydrogen) atoms. The van der Waals surface area contributed by atoms with Gasteiger partial charge in [-0.05, 0) is 24.6 Å². The van der Waals surface area contributed by atoms with Gasteiger partial charge in [0.05, 0.1) is 35.7 Å². The van der Waals surface area contributed by atoms with Gasteiger partial charge in [-0.15, -0.1) is 11.3 Å². The summed E-state index contributed by atoms with van der Waals surface area (Å²) in [5.41, 5.74) is 4.83. The lowest BCUT2D eigenvalue weighted by atomic mass is 10.1. The van der Waals surface area contributed by atoms with Crippen molar-refractivity contribution in [2.75, 3.05) is 11.4 Å². The standard InChI is InChI=1S/C18H18N6OS/c1-10-7-11-13(8-19-17(11)25)21-16(10)24-6-4-12-15(9-24)26-18(22-12)14-3-5-20-23(14)2/h3,5,7H,4,6,8-9H2,1-2H3,(H,19,25). The third-order valence-electron chi connectivity index (χ3n) is 5.00. The number of nitrogens with one attached hydrogen (secondary N) is 1. The lowest BCUT2D eigenvalue weighted by Crippen LogP contribution is -2.31. The Bertz CT molecular complexity index is 1040. The Hall–Kier alpha value is -2.74. The Morgan fingerprint density at radius 1 is 1.27 bits per heavy atom. The van der Waals surface area contributed by atoms with Gasteiger partial charge in [-0.2, -0.15) is 5.10 Å². The number of anilines is 1. The van der Waals surface area contributed by atoms with E-state index in [2.05, 4.69) is 15.3 Å². The van der Waals surface area contributed by atoms with Crippen molar-refractivity contribution in [1.82, 2.24) is 25.1 Å². The van der Waals surface area contributed by atoms with Crippen molar-refractivity contribution >= 4 is 23.1 Å². The number of aryl methyl sites for hydroxylation is 2. The molecule has 0 aromatic carbocycles. The number of nitrogens with zero attached hydrogens (tertiary/aromatic N) is 5. The molecule has 3 aromatic heterocycles. The van der Waals surface area contributed by atoms with Gasteiger partial charge in [-0.25, -0.2) is 9.97 Å². The predicted octanol–water partition coefficient (Wildman–Crippen LogP) is 2.05. The number of rotatable bonds is 2. The van der Waals surface area contributed by atoms with Gasteiger partial charge in [-0.3, -0.25) is 9.48 Å². The highest BCUT2D eigenvalue weighted by Gasteiger charge is 2.27. The van der Waals surface area contributed by atoms with Crippen LogP contribution in [-0.4, -0.2) is 32.2 Å². The van der Waals surface area contributed by atoms with Crippen molar-refractivity contribution in [1.29, 1.82) is 0 Å². The Balaban J connectivity index is 1.47. The molecule has 0 atom stereocenters. The van der Waals surface area contributed by atoms with Gasteiger partial charge in [0, 0.05) is 31.1 Å². The largest absolute Gasteiger partial charge is 0.351 e. The van der Waals surface area contributed by atoms with Crippen molar-refractivity contribution in [3.8, 4) is 10.7 Å². The molecule has 1 amide bonds. The van der Waals surface area contributed by atoms with Gasteiger partial charge in [0.1, 0.15) is 10.8 Å². The van der Waals surface area contributed by atoms with E-state index in [-0.39, 0.29) is 5.91 Å². The minimum atomic E-state index is -0.0219. The number of amides is 1. The molecule has 5 heterocycles. The molecule has 0 spiro atoms. The normalized spacial score (nSPS) is 15.8. The number of hydrogen-bond acceptors (Lipinski definition) is 6. The molecule has 1 N–H and O–H groups in total. The Morgan fingerprint density at radius 2 is 2.15 bits per heavy atom. The van der Waals surface area contributed by atoms with Crippen LogP contribution in [0.25, 0.3) is 10.7 Å². The van der Waals surface area contributed by atoms with Crippen LogP contribution in [-0.2, 0) is 26.6 Å². The first-order chi connectivity index (χ1) is 12.6. The quantitative estimate of drug-likeness (QED) is 0.751. The van der Waals surface area contributed by atoms with Gasteiger partial charge in [0.25, 0.3) is 5.91 Å². The molecule has 0 bridgehead atoms. The minimum absolute atomic E-state index is 0.0219. The van der Waals surface area contributed by atoms with Gasteiger partial charge >= 0.3 is 0 Å². The smallest absolute Gasteiger partial charge is 0.253 e. The van der Waals surface area contributed by atoms with Crippen LogP contribution in [0.15, 0.2) is 18.3 Å². The first kappa shape index (κ1) is 15.5. The van der Waals surface area contributed by atoms with Crippen LogP contribution in [0.3, 0.4) is 0 Å². The molecule has 8 heteroatoms. The predicted molar refractivity (Wildman–Crippen MR) is 99.2 cm³/mol. The summed E-state index contributed by atoms with van der Waals surface area (Å²) in [6, 6.07) is 3.96. The minimum Gasteiger partial charge on any atom is -0.351 e. The number of aromatic nitrogens is 4. The average molecular weight is 366 g/mol. The van der Waals surface area contributed by atoms with Crippen molar-refractivity contribution in [3.63, 3.8) is 0 Å². The average Bonchev–Trinajstić information content (AvgIpc) is 3.32. The number of pyridine rings is 1. The number of carbonyl (C=O) groups is 1. The van der Waals surface area contributed by atoms with E-state index in [4.69, 9.17) is 9.97 Å². The number of hydrogen-bond donors (Lipinski definition) is 1. The van der Waals surface area contributed by atoms with Crippen LogP contribution in [0.5, 0.6) is 0 Å². The number of thiazole rings is 1. The van der Waals surface area contributed by atoms with Gasteiger partial charge in [-0.1, -0.05) is 0 Å². The van der Waals surface area contributed by atoms with Gasteiger partial charge in [0.15, 0.2) is 0 Å². The second-order valence-corrected chi connectivity index (χ2v) is 7.79. The molecule has 0 aliphatic carbocycles. The molecule has 0 unspecified atom stereocenters. The lowest BCUT2D eigenvalue weighted by Gasteiger charge is -2.28. The highest BCUT2D eigenvalue weighted by atomic mass is 32.1. The fourth-order valence-corrected chi connectivity index (χ4v) is 4.80. The molecule has 2 aliphatic rings. The van der Waals surface area contributed by atoms with Crippen LogP contribution >= 0.6 is 11.3 Å². The molecule has 132 valence electrons. The Labute approximate surface area is 154 Å². The maximum atomic E-state index is 11.8. The molecule has 3 aromatic rings. The van der Waals surface area contributed by atoms with E-state index >= 15 is 0 Å². The molecular formula is C18H18N6OS. The van der Waals surface area contributed by atoms with Gasteiger partial charge in [0.2, 0.25) is 0 Å². The summed E-state index contributed by atoms with van der Waals surface area (Å²) < 4.78 is 1.86. The Kier molecular flexibility index (Phi) is 3.36. The van der Waals surface area contributed by atoms with E-state index in [1.807, 2.05) is 30.8 Å². The molecule has 0 saturated heterocycles. The maximum absolute atomic E-state index is 11.8. The SMILES string of the molecule is Cc1cc2c(nc1N1CCc3nc(-c4ccnn4C)sc3C1)CNC2=O. The molecule has 0 saturated carbocycles. The summed E-state index contributed by atoms with van der Waals surface area (Å²) in [6.45, 7) is 4.23. The van der Waals surface area contributed by atoms with Crippen LogP contribution in [0, 0.1) is 6.92 Å². The van der Waals surface area contributed by atoms with E-state index in [9.17, 15) is 4.79 Å². The summed E-state index contributed by atoms with van der Waals surface area (Å²) in [6.07, 6.45) is 2.70. The van der Waals surface area contributed by atoms with Crippen molar-refractivity contribution < 1.29 is 4.79 Å². The summed E-state index contributed by atoms with van der Waals surface area (Å²) in [5, 5.41) is 8.11. The lowest BCUT2D eigenvalue weighted by molar-refractivity contribution is 0.0965. The first-order valence-electron chi connectivity index (χ1n) is 8.61. The second kappa shape index (κ2) is 5.63. The van der Waals surface area contributed by atoms with Gasteiger partial charge < -0.3 is 10.2 Å². The monoisotopic (exact) mass is 366 g/mol. The van der Waals surface area contributed by atoms with Crippen LogP contribution in [0.4, 0.5) is 5.82 Å². The van der Waals surface area contributed by atoms with E-state index in [0.717, 1.165) is 47.3 Å². The zero-order valence-corrected chi connectivity index (χ0v) is 15.4. The molecular weight excluding hydrogens is 348 g/mol. The topological polar surface area (TPSA) is 75.9 Å². The summed E-state index contributed by atoms with van der Waals surface area (Å²) in [5.74, 6) is 0.952. The maximum Gasteiger partial charge on any atom is 0.253 e. The molecule has 7 nitrogen and oxygen atoms in total. The Morgan fingerprint density at radius 3 is 2.96 bits per heavy atom. The molecule has 0 fully saturated rings. The molecule has 2 aliphatic heterocycles. The zero-order chi connectivity index (χ0) is 17.8. The first-order valence-corrected chi connectivity index (χ1v) is 9.42. The highest BCUT2D eigenvalue weighted by Crippen LogP contribution is 2.34. The number of fused-ring (bicyclic) bond motifs is 2. The van der Waals surface area contributed by atoms with Crippen molar-refractivity contribution in [3.05, 3.63) is 45.7 Å². The second-order valence-electron chi connectivity index (χ2n) is 6.71. The summed E-state index contributed by atoms with van der Waals surface area (Å²) >= 11 is 1.73. The van der Waals surface area contributed by atoms with E-state index in [1.54, 1.807) is 17.5 Å². The van der Waals surface area contributed by atoms with E-state index in [0.29, 0.717) is 12.1 Å². The highest BCUT2D eigenvalue weighted by molar-refractivity contribution is 7.15. The van der Waals surface area contributed by atoms with Crippen LogP contribution in [0.2, 0.25) is 0 Å². The fourth-order valence-electron chi connectivity index (χ4n) is 3.62. The zero-order valence-electron chi connectivity index (χ0n) is 14.6. The summed E-state index contributed by atoms with van der Waals surface area (Å²) in [7, 11) is 1.94. The van der Waals surface area contributed by atoms with Crippen LogP contribution < -0.4 is 10.2 Å². The fraction of sp³-hybridized carbons (Fsp3) is 0.333. The van der Waals surface area contributed by atoms with Crippen molar-refractivity contribution in [2.45, 2.75) is 26.4 Å². The number of carbonyl (C=O) groups excluding carboxylic acids is 1. The van der Waals surface area contributed by atoms with E-state index < -0.39 is 0 Å². The molecule has 0 radical (unpaired) electrons. The summed E-state index contributed by atoms with van der Waals surface area (Å²) in [4.78, 5) is 25.0.